The molecule has 1 aliphatic heterocycles. The maximum absolute atomic E-state index is 5.68. The average molecular weight is 216 g/mol. The summed E-state index contributed by atoms with van der Waals surface area (Å²) in [5, 5.41) is 0. The van der Waals surface area contributed by atoms with Crippen molar-refractivity contribution in [3.63, 3.8) is 0 Å². The highest BCUT2D eigenvalue weighted by Gasteiger charge is 2.20. The van der Waals surface area contributed by atoms with Crippen molar-refractivity contribution in [2.75, 3.05) is 46.1 Å². The molecule has 1 unspecified atom stereocenters. The van der Waals surface area contributed by atoms with E-state index < -0.39 is 0 Å². The molecule has 1 fully saturated rings. The Morgan fingerprint density at radius 3 is 3.07 bits per heavy atom. The van der Waals surface area contributed by atoms with Crippen molar-refractivity contribution in [2.24, 2.45) is 5.73 Å². The third-order valence-electron chi connectivity index (χ3n) is 2.79. The van der Waals surface area contributed by atoms with Crippen molar-refractivity contribution in [1.82, 2.24) is 4.90 Å². The fraction of sp³-hybridized carbons (Fsp3) is 1.00. The molecule has 15 heavy (non-hydrogen) atoms. The van der Waals surface area contributed by atoms with Crippen LogP contribution in [0.2, 0.25) is 0 Å². The number of morpholine rings is 1. The quantitative estimate of drug-likeness (QED) is 0.628. The molecule has 2 N–H and O–H groups in total. The van der Waals surface area contributed by atoms with Gasteiger partial charge in [-0.1, -0.05) is 13.3 Å². The molecule has 0 aromatic rings. The van der Waals surface area contributed by atoms with Crippen LogP contribution >= 0.6 is 0 Å². The molecule has 0 saturated carbocycles. The van der Waals surface area contributed by atoms with Crippen molar-refractivity contribution in [2.45, 2.75) is 25.8 Å². The highest BCUT2D eigenvalue weighted by molar-refractivity contribution is 4.75. The summed E-state index contributed by atoms with van der Waals surface area (Å²) in [7, 11) is 0. The predicted molar refractivity (Wildman–Crippen MR) is 61.0 cm³/mol. The maximum atomic E-state index is 5.68. The second-order valence-corrected chi connectivity index (χ2v) is 3.97. The van der Waals surface area contributed by atoms with E-state index in [0.29, 0.717) is 12.6 Å². The topological polar surface area (TPSA) is 47.7 Å². The van der Waals surface area contributed by atoms with Crippen LogP contribution in [0.4, 0.5) is 0 Å². The van der Waals surface area contributed by atoms with Crippen molar-refractivity contribution in [3.8, 4) is 0 Å². The van der Waals surface area contributed by atoms with Gasteiger partial charge in [-0.25, -0.2) is 0 Å². The van der Waals surface area contributed by atoms with Crippen LogP contribution < -0.4 is 5.73 Å². The lowest BCUT2D eigenvalue weighted by Crippen LogP contribution is -2.50. The van der Waals surface area contributed by atoms with Crippen molar-refractivity contribution in [3.05, 3.63) is 0 Å². The lowest BCUT2D eigenvalue weighted by atomic mass is 10.2. The van der Waals surface area contributed by atoms with Crippen molar-refractivity contribution < 1.29 is 9.47 Å². The summed E-state index contributed by atoms with van der Waals surface area (Å²) in [6.07, 6.45) is 2.35. The molecule has 0 aliphatic carbocycles. The van der Waals surface area contributed by atoms with E-state index in [0.717, 1.165) is 45.9 Å². The molecule has 1 rings (SSSR count). The van der Waals surface area contributed by atoms with E-state index in [1.54, 1.807) is 0 Å². The Morgan fingerprint density at radius 2 is 2.33 bits per heavy atom. The monoisotopic (exact) mass is 216 g/mol. The Hall–Kier alpha value is -0.160. The fourth-order valence-corrected chi connectivity index (χ4v) is 1.73. The summed E-state index contributed by atoms with van der Waals surface area (Å²) in [4.78, 5) is 2.37. The highest BCUT2D eigenvalue weighted by Crippen LogP contribution is 2.04. The first-order valence-electron chi connectivity index (χ1n) is 5.98. The molecule has 4 heteroatoms. The summed E-state index contributed by atoms with van der Waals surface area (Å²) in [6.45, 7) is 8.11. The van der Waals surface area contributed by atoms with E-state index in [1.165, 1.54) is 6.42 Å². The minimum absolute atomic E-state index is 0.383. The van der Waals surface area contributed by atoms with Crippen molar-refractivity contribution >= 4 is 0 Å². The molecular weight excluding hydrogens is 192 g/mol. The smallest absolute Gasteiger partial charge is 0.0634 e. The molecule has 0 spiro atoms. The van der Waals surface area contributed by atoms with Gasteiger partial charge >= 0.3 is 0 Å². The number of ether oxygens (including phenoxy) is 2. The van der Waals surface area contributed by atoms with Gasteiger partial charge in [0.05, 0.1) is 19.8 Å². The third kappa shape index (κ3) is 4.93. The van der Waals surface area contributed by atoms with E-state index in [1.807, 2.05) is 0 Å². The van der Waals surface area contributed by atoms with Gasteiger partial charge in [-0.3, -0.25) is 4.90 Å². The predicted octanol–water partition coefficient (Wildman–Crippen LogP) is 0.463. The zero-order chi connectivity index (χ0) is 10.9. The Labute approximate surface area is 92.7 Å². The molecule has 1 heterocycles. The molecule has 0 bridgehead atoms. The Bertz CT molecular complexity index is 156. The standard InChI is InChI=1S/C11H24N2O2/c1-2-3-6-14-7-4-13-5-8-15-10-11(13)9-12/h11H,2-10,12H2,1H3. The largest absolute Gasteiger partial charge is 0.380 e. The number of unbranched alkanes of at least 4 members (excludes halogenated alkanes) is 1. The van der Waals surface area contributed by atoms with Gasteiger partial charge in [-0.05, 0) is 6.42 Å². The van der Waals surface area contributed by atoms with Crippen LogP contribution in [0, 0.1) is 0 Å². The van der Waals surface area contributed by atoms with E-state index in [4.69, 9.17) is 15.2 Å². The molecule has 0 aromatic carbocycles. The Balaban J connectivity index is 2.07. The van der Waals surface area contributed by atoms with Gasteiger partial charge in [0.2, 0.25) is 0 Å². The van der Waals surface area contributed by atoms with Crippen LogP contribution in [0.3, 0.4) is 0 Å². The van der Waals surface area contributed by atoms with E-state index in [-0.39, 0.29) is 0 Å². The first-order chi connectivity index (χ1) is 7.38. The average Bonchev–Trinajstić information content (AvgIpc) is 2.29. The van der Waals surface area contributed by atoms with Gasteiger partial charge in [0.1, 0.15) is 0 Å². The molecular formula is C11H24N2O2. The van der Waals surface area contributed by atoms with Gasteiger partial charge in [0, 0.05) is 32.3 Å². The first-order valence-corrected chi connectivity index (χ1v) is 5.98. The lowest BCUT2D eigenvalue weighted by molar-refractivity contribution is -0.0170. The summed E-state index contributed by atoms with van der Waals surface area (Å²) in [5.41, 5.74) is 5.68. The van der Waals surface area contributed by atoms with Gasteiger partial charge in [0.25, 0.3) is 0 Å². The zero-order valence-corrected chi connectivity index (χ0v) is 9.78. The van der Waals surface area contributed by atoms with E-state index in [9.17, 15) is 0 Å². The van der Waals surface area contributed by atoms with E-state index in [2.05, 4.69) is 11.8 Å². The van der Waals surface area contributed by atoms with Crippen LogP contribution in [0.25, 0.3) is 0 Å². The fourth-order valence-electron chi connectivity index (χ4n) is 1.73. The van der Waals surface area contributed by atoms with Crippen LogP contribution in [-0.4, -0.2) is 57.0 Å². The molecule has 4 nitrogen and oxygen atoms in total. The Morgan fingerprint density at radius 1 is 1.47 bits per heavy atom. The van der Waals surface area contributed by atoms with Crippen LogP contribution in [0.15, 0.2) is 0 Å². The normalized spacial score (nSPS) is 23.2. The van der Waals surface area contributed by atoms with Crippen molar-refractivity contribution in [1.29, 1.82) is 0 Å². The molecule has 1 aliphatic rings. The number of hydrogen-bond acceptors (Lipinski definition) is 4. The van der Waals surface area contributed by atoms with Gasteiger partial charge in [-0.2, -0.15) is 0 Å². The van der Waals surface area contributed by atoms with Crippen LogP contribution in [-0.2, 0) is 9.47 Å². The first kappa shape index (κ1) is 12.9. The second-order valence-electron chi connectivity index (χ2n) is 3.97. The van der Waals surface area contributed by atoms with Gasteiger partial charge < -0.3 is 15.2 Å². The molecule has 90 valence electrons. The van der Waals surface area contributed by atoms with Gasteiger partial charge in [-0.15, -0.1) is 0 Å². The van der Waals surface area contributed by atoms with Gasteiger partial charge in [0.15, 0.2) is 0 Å². The third-order valence-corrected chi connectivity index (χ3v) is 2.79. The Kier molecular flexibility index (Phi) is 6.92. The molecule has 0 amide bonds. The second kappa shape index (κ2) is 8.05. The number of hydrogen-bond donors (Lipinski definition) is 1. The summed E-state index contributed by atoms with van der Waals surface area (Å²) in [5.74, 6) is 0. The number of rotatable bonds is 7. The maximum Gasteiger partial charge on any atom is 0.0634 e. The minimum Gasteiger partial charge on any atom is -0.380 e. The molecule has 1 saturated heterocycles. The minimum atomic E-state index is 0.383. The molecule has 0 radical (unpaired) electrons. The molecule has 1 atom stereocenters. The summed E-state index contributed by atoms with van der Waals surface area (Å²) in [6, 6.07) is 0.383. The number of nitrogens with zero attached hydrogens (tertiary/aromatic N) is 1. The zero-order valence-electron chi connectivity index (χ0n) is 9.78. The van der Waals surface area contributed by atoms with Crippen LogP contribution in [0.1, 0.15) is 19.8 Å². The van der Waals surface area contributed by atoms with Crippen LogP contribution in [0.5, 0.6) is 0 Å². The lowest BCUT2D eigenvalue weighted by Gasteiger charge is -2.34. The summed E-state index contributed by atoms with van der Waals surface area (Å²) < 4.78 is 10.9. The SMILES string of the molecule is CCCCOCCN1CCOCC1CN. The van der Waals surface area contributed by atoms with E-state index >= 15 is 0 Å². The highest BCUT2D eigenvalue weighted by atomic mass is 16.5. The number of nitrogens with two attached hydrogens (primary N) is 1. The summed E-state index contributed by atoms with van der Waals surface area (Å²) >= 11 is 0. The molecule has 0 aromatic heterocycles.